The average Bonchev–Trinajstić information content (AvgIpc) is 3.63. The fourth-order valence-corrected chi connectivity index (χ4v) is 4.57. The molecular formula is C27H25ClN6O5. The Balaban J connectivity index is 0.000000214. The Morgan fingerprint density at radius 1 is 1.15 bits per heavy atom. The number of anilines is 1. The van der Waals surface area contributed by atoms with Crippen LogP contribution in [0.1, 0.15) is 50.9 Å². The minimum atomic E-state index is -1.15. The molecule has 0 saturated carbocycles. The van der Waals surface area contributed by atoms with Crippen LogP contribution in [0.25, 0.3) is 11.0 Å². The van der Waals surface area contributed by atoms with Crippen LogP contribution < -0.4 is 20.7 Å². The summed E-state index contributed by atoms with van der Waals surface area (Å²) in [6.45, 7) is 1.30. The monoisotopic (exact) mass is 548 g/mol. The van der Waals surface area contributed by atoms with E-state index in [0.29, 0.717) is 17.5 Å². The number of carboxylic acids is 1. The number of benzene rings is 2. The molecule has 2 aliphatic heterocycles. The molecule has 0 radical (unpaired) electrons. The Bertz CT molecular complexity index is 1530. The first-order valence-electron chi connectivity index (χ1n) is 12.3. The van der Waals surface area contributed by atoms with Crippen LogP contribution in [0.3, 0.4) is 0 Å². The molecule has 0 spiro atoms. The van der Waals surface area contributed by atoms with E-state index in [1.807, 2.05) is 12.1 Å². The number of carboxylic acid groups (broad SMARTS) is 1. The molecule has 12 heteroatoms. The SMILES string of the molecule is Clc1ccc(C2CCCN2)cc1.O=C1COc2ccc(CNC(=O)c3ncnc4c(C(=O)O)c[nH]c34)cc2N1. The molecule has 1 unspecified atom stereocenters. The summed E-state index contributed by atoms with van der Waals surface area (Å²) in [5.41, 5.74) is 3.06. The van der Waals surface area contributed by atoms with E-state index >= 15 is 0 Å². The number of carbonyl (C=O) groups is 3. The number of nitrogens with zero attached hydrogens (tertiary/aromatic N) is 2. The van der Waals surface area contributed by atoms with E-state index in [4.69, 9.17) is 21.4 Å². The number of nitrogens with one attached hydrogen (secondary N) is 4. The lowest BCUT2D eigenvalue weighted by molar-refractivity contribution is -0.118. The summed E-state index contributed by atoms with van der Waals surface area (Å²) in [6, 6.07) is 13.9. The maximum absolute atomic E-state index is 12.5. The van der Waals surface area contributed by atoms with Crippen LogP contribution in [0, 0.1) is 0 Å². The number of fused-ring (bicyclic) bond motifs is 2. The molecule has 5 N–H and O–H groups in total. The van der Waals surface area contributed by atoms with E-state index in [1.165, 1.54) is 24.6 Å². The lowest BCUT2D eigenvalue weighted by Gasteiger charge is -2.18. The van der Waals surface area contributed by atoms with Gasteiger partial charge >= 0.3 is 5.97 Å². The number of aromatic amines is 1. The molecule has 200 valence electrons. The highest BCUT2D eigenvalue weighted by molar-refractivity contribution is 6.30. The van der Waals surface area contributed by atoms with Crippen LogP contribution in [-0.4, -0.2) is 51.0 Å². The van der Waals surface area contributed by atoms with Gasteiger partial charge in [-0.25, -0.2) is 14.8 Å². The topological polar surface area (TPSA) is 158 Å². The predicted molar refractivity (Wildman–Crippen MR) is 144 cm³/mol. The van der Waals surface area contributed by atoms with Gasteiger partial charge in [-0.05, 0) is 54.8 Å². The van der Waals surface area contributed by atoms with Crippen molar-refractivity contribution in [2.75, 3.05) is 18.5 Å². The number of rotatable bonds is 5. The summed E-state index contributed by atoms with van der Waals surface area (Å²) >= 11 is 5.80. The van der Waals surface area contributed by atoms with Crippen molar-refractivity contribution >= 4 is 46.1 Å². The highest BCUT2D eigenvalue weighted by Gasteiger charge is 2.20. The summed E-state index contributed by atoms with van der Waals surface area (Å²) in [4.78, 5) is 45.7. The fourth-order valence-electron chi connectivity index (χ4n) is 4.44. The second-order valence-electron chi connectivity index (χ2n) is 9.00. The van der Waals surface area contributed by atoms with E-state index < -0.39 is 11.9 Å². The van der Waals surface area contributed by atoms with Gasteiger partial charge in [0.25, 0.3) is 11.8 Å². The lowest BCUT2D eigenvalue weighted by atomic mass is 10.1. The summed E-state index contributed by atoms with van der Waals surface area (Å²) in [6.07, 6.45) is 4.95. The van der Waals surface area contributed by atoms with E-state index in [9.17, 15) is 14.4 Å². The number of hydrogen-bond donors (Lipinski definition) is 5. The van der Waals surface area contributed by atoms with Crippen LogP contribution in [0.5, 0.6) is 5.75 Å². The zero-order valence-corrected chi connectivity index (χ0v) is 21.4. The summed E-state index contributed by atoms with van der Waals surface area (Å²) in [5.74, 6) is -1.31. The molecule has 0 aliphatic carbocycles. The third kappa shape index (κ3) is 6.00. The van der Waals surface area contributed by atoms with Crippen molar-refractivity contribution in [3.05, 3.63) is 82.4 Å². The molecule has 2 aromatic heterocycles. The van der Waals surface area contributed by atoms with Crippen molar-refractivity contribution in [3.63, 3.8) is 0 Å². The third-order valence-electron chi connectivity index (χ3n) is 6.37. The number of aromatic nitrogens is 3. The van der Waals surface area contributed by atoms with Crippen LogP contribution in [-0.2, 0) is 11.3 Å². The van der Waals surface area contributed by atoms with E-state index in [-0.39, 0.29) is 41.3 Å². The molecule has 11 nitrogen and oxygen atoms in total. The van der Waals surface area contributed by atoms with Gasteiger partial charge in [-0.1, -0.05) is 29.8 Å². The Hall–Kier alpha value is -4.48. The van der Waals surface area contributed by atoms with Gasteiger partial charge in [-0.2, -0.15) is 0 Å². The first kappa shape index (κ1) is 26.1. The molecule has 1 fully saturated rings. The Morgan fingerprint density at radius 2 is 1.97 bits per heavy atom. The smallest absolute Gasteiger partial charge is 0.339 e. The lowest BCUT2D eigenvalue weighted by Crippen LogP contribution is -2.26. The molecule has 2 aliphatic rings. The molecule has 2 amide bonds. The summed E-state index contributed by atoms with van der Waals surface area (Å²) in [5, 5.41) is 18.8. The standard InChI is InChI=1S/C17H13N5O5.C10H12ClN/c23-12-6-27-11-2-1-8(3-10(11)22-12)4-19-16(24)15-14-13(20-7-21-15)9(5-18-14)17(25)26;11-9-5-3-8(4-6-9)10-2-1-7-12-10/h1-3,5,7,18H,4,6H2,(H,19,24)(H,22,23)(H,25,26);3-6,10,12H,1-2,7H2. The van der Waals surface area contributed by atoms with Crippen molar-refractivity contribution in [3.8, 4) is 5.75 Å². The van der Waals surface area contributed by atoms with Crippen LogP contribution >= 0.6 is 11.6 Å². The Labute approximate surface area is 227 Å². The maximum Gasteiger partial charge on any atom is 0.339 e. The van der Waals surface area contributed by atoms with Crippen LogP contribution in [0.4, 0.5) is 5.69 Å². The van der Waals surface area contributed by atoms with Crippen LogP contribution in [0.2, 0.25) is 5.02 Å². The largest absolute Gasteiger partial charge is 0.482 e. The number of hydrogen-bond acceptors (Lipinski definition) is 7. The van der Waals surface area contributed by atoms with E-state index in [2.05, 4.69) is 43.0 Å². The van der Waals surface area contributed by atoms with Gasteiger partial charge in [0.15, 0.2) is 12.3 Å². The second-order valence-corrected chi connectivity index (χ2v) is 9.44. The first-order valence-corrected chi connectivity index (χ1v) is 12.6. The van der Waals surface area contributed by atoms with E-state index in [1.54, 1.807) is 18.2 Å². The summed E-state index contributed by atoms with van der Waals surface area (Å²) in [7, 11) is 0. The molecule has 2 aromatic carbocycles. The van der Waals surface area contributed by atoms with Gasteiger partial charge in [0.2, 0.25) is 0 Å². The zero-order chi connectivity index (χ0) is 27.4. The maximum atomic E-state index is 12.5. The number of amides is 2. The van der Waals surface area contributed by atoms with Gasteiger partial charge in [0.1, 0.15) is 23.2 Å². The number of H-pyrrole nitrogens is 1. The Kier molecular flexibility index (Phi) is 7.71. The van der Waals surface area contributed by atoms with Crippen molar-refractivity contribution < 1.29 is 24.2 Å². The molecule has 39 heavy (non-hydrogen) atoms. The predicted octanol–water partition coefficient (Wildman–Crippen LogP) is 3.68. The minimum absolute atomic E-state index is 0.0265. The van der Waals surface area contributed by atoms with E-state index in [0.717, 1.165) is 23.5 Å². The molecule has 6 rings (SSSR count). The zero-order valence-electron chi connectivity index (χ0n) is 20.7. The van der Waals surface area contributed by atoms with Gasteiger partial charge in [-0.15, -0.1) is 0 Å². The average molecular weight is 549 g/mol. The molecule has 1 atom stereocenters. The number of aromatic carboxylic acids is 1. The van der Waals surface area contributed by atoms with Gasteiger partial charge in [0, 0.05) is 23.8 Å². The molecule has 4 aromatic rings. The van der Waals surface area contributed by atoms with Crippen molar-refractivity contribution in [1.82, 2.24) is 25.6 Å². The van der Waals surface area contributed by atoms with Gasteiger partial charge < -0.3 is 30.8 Å². The van der Waals surface area contributed by atoms with Crippen molar-refractivity contribution in [1.29, 1.82) is 0 Å². The van der Waals surface area contributed by atoms with Gasteiger partial charge in [0.05, 0.1) is 11.2 Å². The fraction of sp³-hybridized carbons (Fsp3) is 0.222. The van der Waals surface area contributed by atoms with Crippen molar-refractivity contribution in [2.45, 2.75) is 25.4 Å². The highest BCUT2D eigenvalue weighted by atomic mass is 35.5. The third-order valence-corrected chi connectivity index (χ3v) is 6.62. The number of ether oxygens (including phenoxy) is 1. The molecule has 4 heterocycles. The highest BCUT2D eigenvalue weighted by Crippen LogP contribution is 2.28. The van der Waals surface area contributed by atoms with Gasteiger partial charge in [-0.3, -0.25) is 9.59 Å². The Morgan fingerprint density at radius 3 is 2.72 bits per heavy atom. The second kappa shape index (κ2) is 11.5. The number of halogens is 1. The van der Waals surface area contributed by atoms with Crippen molar-refractivity contribution in [2.24, 2.45) is 0 Å². The summed E-state index contributed by atoms with van der Waals surface area (Å²) < 4.78 is 5.29. The molecule has 0 bridgehead atoms. The normalized spacial score (nSPS) is 15.9. The number of carbonyl (C=O) groups excluding carboxylic acids is 2. The quantitative estimate of drug-likeness (QED) is 0.252. The molecule has 1 saturated heterocycles. The van der Waals surface area contributed by atoms with Crippen LogP contribution in [0.15, 0.2) is 55.0 Å². The minimum Gasteiger partial charge on any atom is -0.482 e. The first-order chi connectivity index (χ1) is 18.9. The molecular weight excluding hydrogens is 524 g/mol.